The summed E-state index contributed by atoms with van der Waals surface area (Å²) in [5, 5.41) is 8.09. The van der Waals surface area contributed by atoms with Crippen LogP contribution in [0.15, 0.2) is 12.4 Å². The van der Waals surface area contributed by atoms with E-state index in [1.165, 1.54) is 5.56 Å². The number of rotatable bonds is 7. The molecule has 4 heteroatoms. The van der Waals surface area contributed by atoms with Crippen LogP contribution in [0.5, 0.6) is 0 Å². The molecule has 0 bridgehead atoms. The number of aromatic nitrogens is 2. The normalized spacial score (nSPS) is 21.3. The Hall–Kier alpha value is -0.870. The monoisotopic (exact) mass is 251 g/mol. The van der Waals surface area contributed by atoms with Gasteiger partial charge in [0, 0.05) is 36.9 Å². The van der Waals surface area contributed by atoms with E-state index in [1.807, 2.05) is 10.9 Å². The molecule has 0 spiro atoms. The highest BCUT2D eigenvalue weighted by atomic mass is 16.5. The minimum absolute atomic E-state index is 0.401. The lowest BCUT2D eigenvalue weighted by atomic mass is 9.94. The van der Waals surface area contributed by atoms with E-state index in [0.29, 0.717) is 12.0 Å². The van der Waals surface area contributed by atoms with Crippen molar-refractivity contribution in [1.29, 1.82) is 0 Å². The van der Waals surface area contributed by atoms with E-state index in [9.17, 15) is 0 Å². The van der Waals surface area contributed by atoms with Crippen LogP contribution in [0.4, 0.5) is 0 Å². The molecule has 102 valence electrons. The summed E-state index contributed by atoms with van der Waals surface area (Å²) in [5.74, 6) is 0.593. The van der Waals surface area contributed by atoms with Gasteiger partial charge in [-0.3, -0.25) is 4.68 Å². The molecule has 1 aliphatic heterocycles. The van der Waals surface area contributed by atoms with Gasteiger partial charge in [-0.2, -0.15) is 5.10 Å². The van der Waals surface area contributed by atoms with E-state index in [0.717, 1.165) is 45.6 Å². The summed E-state index contributed by atoms with van der Waals surface area (Å²) >= 11 is 0. The lowest BCUT2D eigenvalue weighted by Crippen LogP contribution is -2.29. The second-order valence-electron chi connectivity index (χ2n) is 5.09. The molecule has 1 aromatic rings. The number of aryl methyl sites for hydroxylation is 1. The minimum atomic E-state index is 0.401. The molecular weight excluding hydrogens is 226 g/mol. The van der Waals surface area contributed by atoms with Gasteiger partial charge < -0.3 is 10.1 Å². The highest BCUT2D eigenvalue weighted by Crippen LogP contribution is 2.28. The third kappa shape index (κ3) is 3.33. The zero-order chi connectivity index (χ0) is 12.8. The van der Waals surface area contributed by atoms with Crippen LogP contribution in [0.3, 0.4) is 0 Å². The average molecular weight is 251 g/mol. The van der Waals surface area contributed by atoms with Crippen molar-refractivity contribution in [2.45, 2.75) is 45.7 Å². The molecule has 1 aromatic heterocycles. The standard InChI is InChI=1S/C14H25N3O/c1-3-6-15-14(12-5-8-18-11-12)13-9-16-17(10-13)7-4-2/h9-10,12,14-15H,3-8,11H2,1-2H3. The smallest absolute Gasteiger partial charge is 0.0537 e. The highest BCUT2D eigenvalue weighted by Gasteiger charge is 2.27. The first kappa shape index (κ1) is 13.6. The fourth-order valence-corrected chi connectivity index (χ4v) is 2.56. The Kier molecular flexibility index (Phi) is 5.20. The molecule has 1 fully saturated rings. The van der Waals surface area contributed by atoms with Gasteiger partial charge in [0.1, 0.15) is 0 Å². The molecule has 0 amide bonds. The summed E-state index contributed by atoms with van der Waals surface area (Å²) in [5.41, 5.74) is 1.31. The lowest BCUT2D eigenvalue weighted by molar-refractivity contribution is 0.176. The summed E-state index contributed by atoms with van der Waals surface area (Å²) in [7, 11) is 0. The molecule has 2 unspecified atom stereocenters. The van der Waals surface area contributed by atoms with Crippen LogP contribution in [-0.4, -0.2) is 29.5 Å². The Labute approximate surface area is 110 Å². The Morgan fingerprint density at radius 3 is 3.06 bits per heavy atom. The predicted octanol–water partition coefficient (Wildman–Crippen LogP) is 2.37. The minimum Gasteiger partial charge on any atom is -0.381 e. The molecule has 2 atom stereocenters. The zero-order valence-electron chi connectivity index (χ0n) is 11.6. The molecule has 18 heavy (non-hydrogen) atoms. The number of ether oxygens (including phenoxy) is 1. The third-order valence-electron chi connectivity index (χ3n) is 3.52. The van der Waals surface area contributed by atoms with Gasteiger partial charge in [-0.25, -0.2) is 0 Å². The fraction of sp³-hybridized carbons (Fsp3) is 0.786. The van der Waals surface area contributed by atoms with Gasteiger partial charge in [0.05, 0.1) is 12.8 Å². The Balaban J connectivity index is 2.05. The summed E-state index contributed by atoms with van der Waals surface area (Å²) in [4.78, 5) is 0. The van der Waals surface area contributed by atoms with Crippen molar-refractivity contribution >= 4 is 0 Å². The van der Waals surface area contributed by atoms with Gasteiger partial charge in [0.15, 0.2) is 0 Å². The van der Waals surface area contributed by atoms with Crippen LogP contribution in [-0.2, 0) is 11.3 Å². The predicted molar refractivity (Wildman–Crippen MR) is 72.5 cm³/mol. The highest BCUT2D eigenvalue weighted by molar-refractivity contribution is 5.12. The van der Waals surface area contributed by atoms with Crippen molar-refractivity contribution in [1.82, 2.24) is 15.1 Å². The van der Waals surface area contributed by atoms with Crippen molar-refractivity contribution in [3.63, 3.8) is 0 Å². The van der Waals surface area contributed by atoms with Crippen LogP contribution >= 0.6 is 0 Å². The van der Waals surface area contributed by atoms with Gasteiger partial charge in [0.2, 0.25) is 0 Å². The van der Waals surface area contributed by atoms with E-state index >= 15 is 0 Å². The summed E-state index contributed by atoms with van der Waals surface area (Å²) in [6.07, 6.45) is 7.64. The first-order valence-corrected chi connectivity index (χ1v) is 7.18. The lowest BCUT2D eigenvalue weighted by Gasteiger charge is -2.22. The fourth-order valence-electron chi connectivity index (χ4n) is 2.56. The van der Waals surface area contributed by atoms with Crippen molar-refractivity contribution < 1.29 is 4.74 Å². The van der Waals surface area contributed by atoms with Crippen LogP contribution in [0.2, 0.25) is 0 Å². The first-order chi connectivity index (χ1) is 8.85. The van der Waals surface area contributed by atoms with Gasteiger partial charge in [-0.15, -0.1) is 0 Å². The molecule has 0 saturated carbocycles. The van der Waals surface area contributed by atoms with E-state index in [2.05, 4.69) is 30.5 Å². The molecule has 1 aliphatic rings. The third-order valence-corrected chi connectivity index (χ3v) is 3.52. The van der Waals surface area contributed by atoms with Crippen molar-refractivity contribution in [3.8, 4) is 0 Å². The molecule has 4 nitrogen and oxygen atoms in total. The molecule has 2 heterocycles. The number of nitrogens with one attached hydrogen (secondary N) is 1. The maximum Gasteiger partial charge on any atom is 0.0537 e. The first-order valence-electron chi connectivity index (χ1n) is 7.18. The van der Waals surface area contributed by atoms with E-state index in [-0.39, 0.29) is 0 Å². The Morgan fingerprint density at radius 2 is 2.39 bits per heavy atom. The largest absolute Gasteiger partial charge is 0.381 e. The maximum atomic E-state index is 5.53. The molecular formula is C14H25N3O. The summed E-state index contributed by atoms with van der Waals surface area (Å²) in [6.45, 7) is 8.22. The topological polar surface area (TPSA) is 39.1 Å². The van der Waals surface area contributed by atoms with Crippen molar-refractivity contribution in [2.24, 2.45) is 5.92 Å². The molecule has 0 radical (unpaired) electrons. The molecule has 0 aliphatic carbocycles. The Bertz CT molecular complexity index is 345. The van der Waals surface area contributed by atoms with Gasteiger partial charge >= 0.3 is 0 Å². The van der Waals surface area contributed by atoms with Crippen LogP contribution in [0, 0.1) is 5.92 Å². The summed E-state index contributed by atoms with van der Waals surface area (Å²) in [6, 6.07) is 0.401. The van der Waals surface area contributed by atoms with Crippen LogP contribution in [0.1, 0.15) is 44.7 Å². The van der Waals surface area contributed by atoms with Gasteiger partial charge in [-0.1, -0.05) is 13.8 Å². The molecule has 1 N–H and O–H groups in total. The SMILES string of the molecule is CCCNC(c1cnn(CCC)c1)C1CCOC1. The van der Waals surface area contributed by atoms with Crippen molar-refractivity contribution in [3.05, 3.63) is 18.0 Å². The van der Waals surface area contributed by atoms with E-state index in [1.54, 1.807) is 0 Å². The van der Waals surface area contributed by atoms with Crippen LogP contribution in [0.25, 0.3) is 0 Å². The number of hydrogen-bond acceptors (Lipinski definition) is 3. The number of hydrogen-bond donors (Lipinski definition) is 1. The Morgan fingerprint density at radius 1 is 1.50 bits per heavy atom. The van der Waals surface area contributed by atoms with Gasteiger partial charge in [-0.05, 0) is 25.8 Å². The van der Waals surface area contributed by atoms with E-state index in [4.69, 9.17) is 4.74 Å². The number of nitrogens with zero attached hydrogens (tertiary/aromatic N) is 2. The van der Waals surface area contributed by atoms with Gasteiger partial charge in [0.25, 0.3) is 0 Å². The second kappa shape index (κ2) is 6.90. The second-order valence-corrected chi connectivity index (χ2v) is 5.09. The van der Waals surface area contributed by atoms with Crippen molar-refractivity contribution in [2.75, 3.05) is 19.8 Å². The zero-order valence-corrected chi connectivity index (χ0v) is 11.6. The van der Waals surface area contributed by atoms with Crippen LogP contribution < -0.4 is 5.32 Å². The molecule has 0 aromatic carbocycles. The maximum absolute atomic E-state index is 5.53. The summed E-state index contributed by atoms with van der Waals surface area (Å²) < 4.78 is 7.57. The quantitative estimate of drug-likeness (QED) is 0.808. The average Bonchev–Trinajstić information content (AvgIpc) is 3.02. The molecule has 1 saturated heterocycles. The van der Waals surface area contributed by atoms with E-state index < -0.39 is 0 Å². The molecule has 2 rings (SSSR count).